The summed E-state index contributed by atoms with van der Waals surface area (Å²) in [6.07, 6.45) is -4.33. The Bertz CT molecular complexity index is 581. The van der Waals surface area contributed by atoms with Gasteiger partial charge in [0.1, 0.15) is 0 Å². The van der Waals surface area contributed by atoms with E-state index in [2.05, 4.69) is 5.32 Å². The molecule has 2 N–H and O–H groups in total. The molecule has 0 aromatic heterocycles. The molecule has 4 nitrogen and oxygen atoms in total. The van der Waals surface area contributed by atoms with Crippen molar-refractivity contribution in [3.63, 3.8) is 0 Å². The fourth-order valence-corrected chi connectivity index (χ4v) is 3.01. The van der Waals surface area contributed by atoms with Gasteiger partial charge in [-0.1, -0.05) is 19.9 Å². The maximum atomic E-state index is 12.9. The van der Waals surface area contributed by atoms with Gasteiger partial charge in [0.2, 0.25) is 0 Å². The van der Waals surface area contributed by atoms with Gasteiger partial charge < -0.3 is 15.1 Å². The summed E-state index contributed by atoms with van der Waals surface area (Å²) in [4.78, 5) is 15.3. The van der Waals surface area contributed by atoms with Crippen LogP contribution in [0.1, 0.15) is 26.3 Å². The fourth-order valence-electron chi connectivity index (χ4n) is 3.01. The Labute approximate surface area is 147 Å². The number of halogens is 3. The third-order valence-corrected chi connectivity index (χ3v) is 4.63. The lowest BCUT2D eigenvalue weighted by molar-refractivity contribution is -0.914. The van der Waals surface area contributed by atoms with Crippen LogP contribution in [0.5, 0.6) is 0 Å². The average molecular weight is 358 g/mol. The predicted molar refractivity (Wildman–Crippen MR) is 91.7 cm³/mol. The minimum atomic E-state index is -4.33. The second-order valence-corrected chi connectivity index (χ2v) is 7.05. The number of anilines is 1. The first kappa shape index (κ1) is 19.6. The van der Waals surface area contributed by atoms with Crippen LogP contribution in [0.4, 0.5) is 18.9 Å². The molecule has 140 valence electrons. The van der Waals surface area contributed by atoms with Gasteiger partial charge in [-0.25, -0.2) is 0 Å². The van der Waals surface area contributed by atoms with E-state index in [1.165, 1.54) is 17.0 Å². The average Bonchev–Trinajstić information content (AvgIpc) is 2.58. The fraction of sp³-hybridized carbons (Fsp3) is 0.611. The van der Waals surface area contributed by atoms with E-state index in [0.717, 1.165) is 19.2 Å². The number of nitrogens with zero attached hydrogens (tertiary/aromatic N) is 1. The molecule has 1 aliphatic heterocycles. The van der Waals surface area contributed by atoms with Gasteiger partial charge in [0.25, 0.3) is 5.91 Å². The molecule has 1 aromatic rings. The molecule has 0 radical (unpaired) electrons. The molecule has 25 heavy (non-hydrogen) atoms. The minimum Gasteiger partial charge on any atom is -0.360 e. The van der Waals surface area contributed by atoms with Gasteiger partial charge in [0.15, 0.2) is 6.04 Å². The molecule has 1 aliphatic rings. The Kier molecular flexibility index (Phi) is 6.32. The summed E-state index contributed by atoms with van der Waals surface area (Å²) >= 11 is 0. The lowest BCUT2D eigenvalue weighted by atomic mass is 10.1. The zero-order valence-electron chi connectivity index (χ0n) is 15.0. The Morgan fingerprint density at radius 3 is 2.44 bits per heavy atom. The standard InChI is InChI=1S/C18H26F3N3O/c1-13(2)12-22-17(25)14(3)23-7-9-24(10-8-23)16-6-4-5-15(11-16)18(19,20)21/h4-6,11,13-14H,7-10,12H2,1-3H3,(H,22,25)/p+1/t14-/m1/s1. The van der Waals surface area contributed by atoms with E-state index in [1.54, 1.807) is 6.07 Å². The number of carbonyl (C=O) groups is 1. The Morgan fingerprint density at radius 2 is 1.88 bits per heavy atom. The van der Waals surface area contributed by atoms with Crippen molar-refractivity contribution in [3.8, 4) is 0 Å². The van der Waals surface area contributed by atoms with Crippen molar-refractivity contribution >= 4 is 11.6 Å². The molecular weight excluding hydrogens is 331 g/mol. The Morgan fingerprint density at radius 1 is 1.24 bits per heavy atom. The number of piperazine rings is 1. The number of hydrogen-bond acceptors (Lipinski definition) is 2. The smallest absolute Gasteiger partial charge is 0.360 e. The summed E-state index contributed by atoms with van der Waals surface area (Å²) in [5.41, 5.74) is -0.0352. The van der Waals surface area contributed by atoms with Crippen LogP contribution >= 0.6 is 0 Å². The SMILES string of the molecule is CC(C)CNC(=O)[C@@H](C)[NH+]1CCN(c2cccc(C(F)(F)F)c2)CC1. The molecule has 1 fully saturated rings. The highest BCUT2D eigenvalue weighted by Gasteiger charge is 2.32. The largest absolute Gasteiger partial charge is 0.416 e. The lowest BCUT2D eigenvalue weighted by Gasteiger charge is -2.36. The van der Waals surface area contributed by atoms with Crippen molar-refractivity contribution in [3.05, 3.63) is 29.8 Å². The van der Waals surface area contributed by atoms with Crippen LogP contribution < -0.4 is 15.1 Å². The molecule has 7 heteroatoms. The van der Waals surface area contributed by atoms with E-state index in [0.29, 0.717) is 31.2 Å². The number of nitrogens with one attached hydrogen (secondary N) is 2. The molecular formula is C18H27F3N3O+. The third kappa shape index (κ3) is 5.36. The summed E-state index contributed by atoms with van der Waals surface area (Å²) in [5.74, 6) is 0.445. The number of carbonyl (C=O) groups excluding carboxylic acids is 1. The van der Waals surface area contributed by atoms with Crippen molar-refractivity contribution in [2.75, 3.05) is 37.6 Å². The second-order valence-electron chi connectivity index (χ2n) is 7.05. The van der Waals surface area contributed by atoms with Crippen LogP contribution in [0.2, 0.25) is 0 Å². The highest BCUT2D eigenvalue weighted by Crippen LogP contribution is 2.31. The topological polar surface area (TPSA) is 36.8 Å². The summed E-state index contributed by atoms with van der Waals surface area (Å²) in [6.45, 7) is 9.39. The van der Waals surface area contributed by atoms with Crippen LogP contribution in [0.25, 0.3) is 0 Å². The zero-order valence-corrected chi connectivity index (χ0v) is 15.0. The summed E-state index contributed by atoms with van der Waals surface area (Å²) in [7, 11) is 0. The molecule has 1 saturated heterocycles. The summed E-state index contributed by atoms with van der Waals surface area (Å²) in [5, 5.41) is 2.95. The minimum absolute atomic E-state index is 0.0382. The maximum absolute atomic E-state index is 12.9. The monoisotopic (exact) mass is 358 g/mol. The molecule has 1 amide bonds. The molecule has 1 atom stereocenters. The molecule has 0 spiro atoms. The van der Waals surface area contributed by atoms with E-state index in [4.69, 9.17) is 0 Å². The van der Waals surface area contributed by atoms with Gasteiger partial charge >= 0.3 is 6.18 Å². The van der Waals surface area contributed by atoms with Crippen LogP contribution in [-0.4, -0.2) is 44.7 Å². The third-order valence-electron chi connectivity index (χ3n) is 4.63. The van der Waals surface area contributed by atoms with E-state index < -0.39 is 11.7 Å². The maximum Gasteiger partial charge on any atom is 0.416 e. The predicted octanol–water partition coefficient (Wildman–Crippen LogP) is 1.57. The van der Waals surface area contributed by atoms with Crippen LogP contribution in [-0.2, 0) is 11.0 Å². The summed E-state index contributed by atoms with van der Waals surface area (Å²) in [6, 6.07) is 5.29. The Hall–Kier alpha value is -1.76. The molecule has 1 aromatic carbocycles. The van der Waals surface area contributed by atoms with E-state index in [9.17, 15) is 18.0 Å². The number of rotatable bonds is 5. The van der Waals surface area contributed by atoms with Crippen LogP contribution in [0.3, 0.4) is 0 Å². The number of benzene rings is 1. The van der Waals surface area contributed by atoms with Gasteiger partial charge in [-0.2, -0.15) is 13.2 Å². The first-order valence-electron chi connectivity index (χ1n) is 8.73. The van der Waals surface area contributed by atoms with Crippen molar-refractivity contribution < 1.29 is 22.9 Å². The van der Waals surface area contributed by atoms with Gasteiger partial charge in [-0.15, -0.1) is 0 Å². The molecule has 0 unspecified atom stereocenters. The lowest BCUT2D eigenvalue weighted by Crippen LogP contribution is -3.19. The van der Waals surface area contributed by atoms with Crippen molar-refractivity contribution in [2.45, 2.75) is 33.0 Å². The second kappa shape index (κ2) is 8.08. The molecule has 0 aliphatic carbocycles. The number of hydrogen-bond donors (Lipinski definition) is 2. The molecule has 1 heterocycles. The van der Waals surface area contributed by atoms with Crippen molar-refractivity contribution in [1.29, 1.82) is 0 Å². The Balaban J connectivity index is 1.92. The van der Waals surface area contributed by atoms with Gasteiger partial charge in [0, 0.05) is 12.2 Å². The number of quaternary nitrogens is 1. The normalized spacial score (nSPS) is 17.6. The quantitative estimate of drug-likeness (QED) is 0.838. The summed E-state index contributed by atoms with van der Waals surface area (Å²) < 4.78 is 38.6. The van der Waals surface area contributed by atoms with Gasteiger partial charge in [-0.05, 0) is 31.0 Å². The molecule has 0 bridgehead atoms. The first-order valence-corrected chi connectivity index (χ1v) is 8.73. The van der Waals surface area contributed by atoms with Crippen LogP contribution in [0.15, 0.2) is 24.3 Å². The van der Waals surface area contributed by atoms with Crippen LogP contribution in [0, 0.1) is 5.92 Å². The molecule has 0 saturated carbocycles. The van der Waals surface area contributed by atoms with Gasteiger partial charge in [0.05, 0.1) is 31.7 Å². The first-order chi connectivity index (χ1) is 11.7. The van der Waals surface area contributed by atoms with Crippen molar-refractivity contribution in [2.24, 2.45) is 5.92 Å². The van der Waals surface area contributed by atoms with Gasteiger partial charge in [-0.3, -0.25) is 4.79 Å². The zero-order chi connectivity index (χ0) is 18.6. The highest BCUT2D eigenvalue weighted by molar-refractivity contribution is 5.79. The van der Waals surface area contributed by atoms with E-state index >= 15 is 0 Å². The van der Waals surface area contributed by atoms with E-state index in [1.807, 2.05) is 25.7 Å². The molecule has 2 rings (SSSR count). The highest BCUT2D eigenvalue weighted by atomic mass is 19.4. The number of alkyl halides is 3. The van der Waals surface area contributed by atoms with Crippen molar-refractivity contribution in [1.82, 2.24) is 5.32 Å². The van der Waals surface area contributed by atoms with E-state index in [-0.39, 0.29) is 11.9 Å². The number of amides is 1.